The van der Waals surface area contributed by atoms with Gasteiger partial charge in [0.25, 0.3) is 0 Å². The first-order chi connectivity index (χ1) is 11.6. The molecule has 0 amide bonds. The number of rotatable bonds is 3. The highest BCUT2D eigenvalue weighted by Crippen LogP contribution is 2.31. The van der Waals surface area contributed by atoms with Gasteiger partial charge in [-0.05, 0) is 29.6 Å². The minimum Gasteiger partial charge on any atom is -0.283 e. The first-order valence-corrected chi connectivity index (χ1v) is 9.69. The highest BCUT2D eigenvalue weighted by Gasteiger charge is 2.30. The van der Waals surface area contributed by atoms with Gasteiger partial charge in [-0.25, -0.2) is 13.2 Å². The molecule has 0 fully saturated rings. The minimum absolute atomic E-state index is 0.0203. The fourth-order valence-electron chi connectivity index (χ4n) is 2.42. The molecule has 0 aliphatic carbocycles. The Bertz CT molecular complexity index is 1100. The van der Waals surface area contributed by atoms with Crippen LogP contribution in [0.25, 0.3) is 21.5 Å². The van der Waals surface area contributed by atoms with Crippen LogP contribution in [0.1, 0.15) is 0 Å². The summed E-state index contributed by atoms with van der Waals surface area (Å²) in [5.74, 6) is 0. The number of benzene rings is 1. The monoisotopic (exact) mass is 388 g/mol. The van der Waals surface area contributed by atoms with Crippen LogP contribution >= 0.6 is 11.3 Å². The Labute approximate surface area is 144 Å². The Morgan fingerprint density at radius 2 is 1.96 bits per heavy atom. The largest absolute Gasteiger partial charge is 0.406 e. The summed E-state index contributed by atoms with van der Waals surface area (Å²) in [5, 5.41) is 1.90. The predicted molar refractivity (Wildman–Crippen MR) is 88.5 cm³/mol. The summed E-state index contributed by atoms with van der Waals surface area (Å²) in [7, 11) is -3.57. The van der Waals surface area contributed by atoms with Crippen LogP contribution in [0, 0.1) is 0 Å². The number of nitrogens with zero attached hydrogens (tertiary/aromatic N) is 2. The predicted octanol–water partition coefficient (Wildman–Crippen LogP) is 3.09. The van der Waals surface area contributed by atoms with E-state index in [-0.39, 0.29) is 21.5 Å². The average molecular weight is 388 g/mol. The van der Waals surface area contributed by atoms with Gasteiger partial charge in [0, 0.05) is 11.6 Å². The second kappa shape index (κ2) is 5.95. The first kappa shape index (κ1) is 17.6. The minimum atomic E-state index is -4.61. The van der Waals surface area contributed by atoms with Gasteiger partial charge < -0.3 is 0 Å². The van der Waals surface area contributed by atoms with Gasteiger partial charge in [0.2, 0.25) is 0 Å². The molecule has 2 heterocycles. The maximum absolute atomic E-state index is 12.8. The van der Waals surface area contributed by atoms with Gasteiger partial charge in [-0.1, -0.05) is 6.07 Å². The Kier molecular flexibility index (Phi) is 4.20. The molecule has 0 aliphatic rings. The van der Waals surface area contributed by atoms with Crippen molar-refractivity contribution in [2.24, 2.45) is 0 Å². The molecule has 3 rings (SSSR count). The average Bonchev–Trinajstić information content (AvgIpc) is 3.01. The molecule has 0 saturated carbocycles. The first-order valence-electron chi connectivity index (χ1n) is 6.91. The van der Waals surface area contributed by atoms with Crippen molar-refractivity contribution < 1.29 is 21.6 Å². The van der Waals surface area contributed by atoms with Crippen molar-refractivity contribution in [2.75, 3.05) is 6.26 Å². The molecule has 132 valence electrons. The van der Waals surface area contributed by atoms with Crippen molar-refractivity contribution in [1.82, 2.24) is 9.55 Å². The Balaban J connectivity index is 2.40. The van der Waals surface area contributed by atoms with Crippen molar-refractivity contribution in [1.29, 1.82) is 0 Å². The van der Waals surface area contributed by atoms with Gasteiger partial charge >= 0.3 is 11.9 Å². The van der Waals surface area contributed by atoms with Gasteiger partial charge in [-0.2, -0.15) is 18.2 Å². The van der Waals surface area contributed by atoms with Crippen LogP contribution < -0.4 is 5.69 Å². The van der Waals surface area contributed by atoms with E-state index in [1.54, 1.807) is 17.5 Å². The lowest BCUT2D eigenvalue weighted by molar-refractivity contribution is -0.140. The third-order valence-corrected chi connectivity index (χ3v) is 5.46. The zero-order valence-electron chi connectivity index (χ0n) is 12.7. The third kappa shape index (κ3) is 3.59. The summed E-state index contributed by atoms with van der Waals surface area (Å²) in [6.07, 6.45) is -3.61. The van der Waals surface area contributed by atoms with Gasteiger partial charge in [0.05, 0.1) is 21.0 Å². The van der Waals surface area contributed by atoms with Gasteiger partial charge in [0.15, 0.2) is 9.84 Å². The van der Waals surface area contributed by atoms with Crippen molar-refractivity contribution in [3.05, 3.63) is 46.2 Å². The van der Waals surface area contributed by atoms with E-state index in [0.29, 0.717) is 9.44 Å². The lowest BCUT2D eigenvalue weighted by Crippen LogP contribution is -2.30. The fourth-order valence-corrected chi connectivity index (χ4v) is 3.80. The number of sulfone groups is 1. The highest BCUT2D eigenvalue weighted by molar-refractivity contribution is 7.90. The maximum Gasteiger partial charge on any atom is 0.406 e. The number of hydrogen-bond donors (Lipinski definition) is 0. The molecule has 0 spiro atoms. The zero-order chi connectivity index (χ0) is 18.4. The van der Waals surface area contributed by atoms with Gasteiger partial charge in [-0.3, -0.25) is 4.57 Å². The fraction of sp³-hybridized carbons (Fsp3) is 0.200. The molecule has 0 aliphatic heterocycles. The van der Waals surface area contributed by atoms with Crippen molar-refractivity contribution in [3.8, 4) is 10.6 Å². The van der Waals surface area contributed by atoms with Crippen LogP contribution in [-0.2, 0) is 16.4 Å². The van der Waals surface area contributed by atoms with E-state index in [9.17, 15) is 26.4 Å². The topological polar surface area (TPSA) is 69.0 Å². The molecule has 0 atom stereocenters. The molecule has 3 aromatic rings. The van der Waals surface area contributed by atoms with E-state index in [0.717, 1.165) is 6.26 Å². The molecule has 10 heteroatoms. The van der Waals surface area contributed by atoms with Gasteiger partial charge in [0.1, 0.15) is 6.54 Å². The van der Waals surface area contributed by atoms with E-state index in [4.69, 9.17) is 0 Å². The number of aromatic nitrogens is 2. The van der Waals surface area contributed by atoms with E-state index in [1.807, 2.05) is 0 Å². The van der Waals surface area contributed by atoms with Crippen LogP contribution in [0.2, 0.25) is 0 Å². The number of alkyl halides is 3. The van der Waals surface area contributed by atoms with Crippen LogP contribution in [-0.4, -0.2) is 30.4 Å². The molecular weight excluding hydrogens is 377 g/mol. The van der Waals surface area contributed by atoms with Crippen LogP contribution in [0.15, 0.2) is 45.4 Å². The van der Waals surface area contributed by atoms with E-state index >= 15 is 0 Å². The molecular formula is C15H11F3N2O3S2. The third-order valence-electron chi connectivity index (χ3n) is 3.47. The smallest absolute Gasteiger partial charge is 0.283 e. The zero-order valence-corrected chi connectivity index (χ0v) is 14.4. The maximum atomic E-state index is 12.8. The number of halogens is 3. The highest BCUT2D eigenvalue weighted by atomic mass is 32.2. The molecule has 0 unspecified atom stereocenters. The molecule has 25 heavy (non-hydrogen) atoms. The van der Waals surface area contributed by atoms with Crippen molar-refractivity contribution >= 4 is 32.1 Å². The van der Waals surface area contributed by atoms with E-state index in [1.165, 1.54) is 29.5 Å². The molecule has 0 bridgehead atoms. The lowest BCUT2D eigenvalue weighted by Gasteiger charge is -2.14. The second-order valence-electron chi connectivity index (χ2n) is 5.37. The summed E-state index contributed by atoms with van der Waals surface area (Å²) < 4.78 is 62.5. The normalized spacial score (nSPS) is 12.6. The summed E-state index contributed by atoms with van der Waals surface area (Å²) in [6, 6.07) is 7.00. The Morgan fingerprint density at radius 3 is 2.52 bits per heavy atom. The van der Waals surface area contributed by atoms with Crippen LogP contribution in [0.4, 0.5) is 13.2 Å². The van der Waals surface area contributed by atoms with Gasteiger partial charge in [-0.15, -0.1) is 11.3 Å². The second-order valence-corrected chi connectivity index (χ2v) is 8.34. The Hall–Kier alpha value is -2.20. The standard InChI is InChI=1S/C15H11F3N2O3S2/c1-25(22,23)9-4-5-11-10(7-9)13(12-3-2-6-24-12)19-14(21)20(11)8-15(16,17)18/h2-7H,8H2,1H3. The SMILES string of the molecule is CS(=O)(=O)c1ccc2c(c1)c(-c1cccs1)nc(=O)n2CC(F)(F)F. The molecule has 2 aromatic heterocycles. The summed E-state index contributed by atoms with van der Waals surface area (Å²) in [4.78, 5) is 16.4. The molecule has 0 radical (unpaired) electrons. The molecule has 1 aromatic carbocycles. The summed E-state index contributed by atoms with van der Waals surface area (Å²) in [5.41, 5.74) is -0.896. The van der Waals surface area contributed by atoms with Crippen molar-refractivity contribution in [2.45, 2.75) is 17.6 Å². The van der Waals surface area contributed by atoms with Crippen LogP contribution in [0.3, 0.4) is 0 Å². The molecule has 0 saturated heterocycles. The number of hydrogen-bond acceptors (Lipinski definition) is 5. The Morgan fingerprint density at radius 1 is 1.24 bits per heavy atom. The van der Waals surface area contributed by atoms with E-state index < -0.39 is 28.2 Å². The van der Waals surface area contributed by atoms with Crippen molar-refractivity contribution in [3.63, 3.8) is 0 Å². The lowest BCUT2D eigenvalue weighted by atomic mass is 10.1. The van der Waals surface area contributed by atoms with E-state index in [2.05, 4.69) is 4.98 Å². The molecule has 0 N–H and O–H groups in total. The van der Waals surface area contributed by atoms with Crippen LogP contribution in [0.5, 0.6) is 0 Å². The number of fused-ring (bicyclic) bond motifs is 1. The molecule has 5 nitrogen and oxygen atoms in total. The summed E-state index contributed by atoms with van der Waals surface area (Å²) >= 11 is 1.25. The quantitative estimate of drug-likeness (QED) is 0.692. The number of thiophene rings is 1. The summed E-state index contributed by atoms with van der Waals surface area (Å²) in [6.45, 7) is -1.50.